The van der Waals surface area contributed by atoms with Crippen LogP contribution in [0.4, 0.5) is 18.0 Å². The number of urea groups is 1. The molecule has 0 aromatic rings. The van der Waals surface area contributed by atoms with E-state index in [1.807, 2.05) is 25.8 Å². The number of carbonyl (C=O) groups excluding carboxylic acids is 5. The maximum absolute atomic E-state index is 12.0. The third-order valence-corrected chi connectivity index (χ3v) is 24.3. The average molecular weight is 1690 g/mol. The number of primary amides is 1. The summed E-state index contributed by atoms with van der Waals surface area (Å²) in [7, 11) is 7.93. The lowest BCUT2D eigenvalue weighted by Gasteiger charge is -2.44. The van der Waals surface area contributed by atoms with E-state index in [1.54, 1.807) is 28.7 Å². The third-order valence-electron chi connectivity index (χ3n) is 24.3. The van der Waals surface area contributed by atoms with Crippen molar-refractivity contribution in [2.75, 3.05) is 283 Å². The molecule has 118 heavy (non-hydrogen) atoms. The minimum atomic E-state index is -4.06. The smallest absolute Gasteiger partial charge is 0.401 e. The molecule has 2 unspecified atom stereocenters. The first kappa shape index (κ1) is 112. The van der Waals surface area contributed by atoms with Crippen molar-refractivity contribution in [1.82, 2.24) is 98.4 Å². The first-order valence-electron chi connectivity index (χ1n) is 45.0. The van der Waals surface area contributed by atoms with Crippen molar-refractivity contribution in [2.24, 2.45) is 5.73 Å². The van der Waals surface area contributed by atoms with Crippen LogP contribution in [0.2, 0.25) is 0 Å². The van der Waals surface area contributed by atoms with Gasteiger partial charge in [-0.3, -0.25) is 82.8 Å². The number of nitrogens with two attached hydrogens (primary N) is 1. The summed E-state index contributed by atoms with van der Waals surface area (Å²) in [5.74, 6) is -1.02. The molecule has 10 fully saturated rings. The molecule has 29 nitrogen and oxygen atoms in total. The molecule has 10 heterocycles. The Bertz CT molecular complexity index is 2610. The van der Waals surface area contributed by atoms with Crippen LogP contribution in [-0.4, -0.2) is 501 Å². The van der Waals surface area contributed by atoms with E-state index in [1.165, 1.54) is 62.2 Å². The Balaban J connectivity index is 0.000000657. The van der Waals surface area contributed by atoms with Crippen LogP contribution in [0.5, 0.6) is 0 Å². The van der Waals surface area contributed by atoms with Crippen LogP contribution in [0.15, 0.2) is 0 Å². The molecule has 0 spiro atoms. The molecule has 2 atom stereocenters. The number of nitrogens with one attached hydrogen (secondary N) is 1. The van der Waals surface area contributed by atoms with Gasteiger partial charge in [-0.05, 0) is 166 Å². The van der Waals surface area contributed by atoms with Crippen LogP contribution in [0, 0.1) is 0 Å². The number of aliphatic hydroxyl groups is 1. The number of amides is 6. The van der Waals surface area contributed by atoms with E-state index in [0.717, 1.165) is 163 Å². The second-order valence-electron chi connectivity index (χ2n) is 36.3. The molecule has 10 saturated heterocycles. The van der Waals surface area contributed by atoms with Crippen LogP contribution >= 0.6 is 0 Å². The molecule has 0 radical (unpaired) electrons. The molecule has 0 aliphatic carbocycles. The Morgan fingerprint density at radius 3 is 1.04 bits per heavy atom. The number of likely N-dealkylation sites (N-methyl/N-ethyl adjacent to an activating group) is 4. The van der Waals surface area contributed by atoms with E-state index in [9.17, 15) is 41.9 Å². The number of β-amino-alcohol motifs (C(OH)–C–C–N with tert-alkyl or cyclic N) is 1. The second-order valence-corrected chi connectivity index (χ2v) is 36.3. The molecule has 6 amide bonds. The minimum absolute atomic E-state index is 0.121. The fraction of sp³-hybridized carbons (Fsp3) is 0.930. The van der Waals surface area contributed by atoms with Crippen molar-refractivity contribution in [3.8, 4) is 0 Å². The number of alkyl halides is 3. The number of carboxylic acids is 1. The van der Waals surface area contributed by atoms with Gasteiger partial charge in [0.1, 0.15) is 0 Å². The predicted molar refractivity (Wildman–Crippen MR) is 478 cm³/mol. The summed E-state index contributed by atoms with van der Waals surface area (Å²) in [6.07, 6.45) is -3.79. The fourth-order valence-corrected chi connectivity index (χ4v) is 15.0. The number of hydrogen-bond acceptors (Lipinski definition) is 22. The fourth-order valence-electron chi connectivity index (χ4n) is 15.0. The maximum atomic E-state index is 12.0. The first-order chi connectivity index (χ1) is 55.1. The lowest BCUT2D eigenvalue weighted by Crippen LogP contribution is -2.56. The van der Waals surface area contributed by atoms with Gasteiger partial charge in [0.25, 0.3) is 0 Å². The highest BCUT2D eigenvalue weighted by Gasteiger charge is 2.35. The standard InChI is InChI=1S/C10H20N2O2.C10H22N2.C9H17F3N2.C9H18N2O.C9H20N2O.C8H17N3O.C8H14N2O2.C8H16N2O.C8H18N2.C7H16N2/c1-9(2)12-7-5-11(6-8-12)4-3-10(13)14;1-8(2)12-6-9(3)11(5)10(4)7-12;1-8(2)14-5-3-13(4-6-14)7-9(10,11)12;1-8(2)10-4-6-11(7-5-10)9(3)12;1-9(2)11-5-3-10(4-6-11)7-8-12;1-7(2)10-3-5-11(6-4-10)8(9)12;1-6(2)10-5-4-9(3)7(11)8(10)12;1-7(2)10-5-4-9(3)8(11)6-10;1-8(2)10-6-4-9(3)5-7-10;1-7(2)9-5-3-8-4-6-9/h9H,3-8H2,1-2H3,(H,13,14);8-10H,6-7H2,1-5H3;8H,3-7H2,1-2H3;8H,4-7H2,1-3H3;9,12H,3-8H2,1-2H3;7H,3-6H2,1-2H3,(H2,9,12);6H,4-5H2,1-3H3;7H,4-6H2,1-3H3;8H,4-7H2,1-3H3;7-8H,3-6H2,1-2H3. The Kier molecular flexibility index (Phi) is 56.4. The summed E-state index contributed by atoms with van der Waals surface area (Å²) < 4.78 is 36.1. The quantitative estimate of drug-likeness (QED) is 0.150. The monoisotopic (exact) mass is 1690 g/mol. The first-order valence-corrected chi connectivity index (χ1v) is 45.0. The van der Waals surface area contributed by atoms with Gasteiger partial charge in [0.15, 0.2) is 0 Å². The Morgan fingerprint density at radius 1 is 0.407 bits per heavy atom. The van der Waals surface area contributed by atoms with E-state index >= 15 is 0 Å². The van der Waals surface area contributed by atoms with Gasteiger partial charge in [0, 0.05) is 329 Å². The summed E-state index contributed by atoms with van der Waals surface area (Å²) in [5, 5.41) is 20.6. The Hall–Kier alpha value is -4.23. The zero-order valence-electron chi connectivity index (χ0n) is 79.8. The van der Waals surface area contributed by atoms with Gasteiger partial charge >= 0.3 is 30.0 Å². The van der Waals surface area contributed by atoms with E-state index in [0.29, 0.717) is 100 Å². The molecule has 5 N–H and O–H groups in total. The molecule has 32 heteroatoms. The van der Waals surface area contributed by atoms with Crippen LogP contribution in [0.1, 0.15) is 166 Å². The number of halogens is 3. The normalized spacial score (nSPS) is 22.6. The largest absolute Gasteiger partial charge is 0.481 e. The number of rotatable bonds is 16. The molecule has 0 aromatic heterocycles. The van der Waals surface area contributed by atoms with Gasteiger partial charge in [0.2, 0.25) is 11.8 Å². The molecule has 10 rings (SSSR count). The number of aliphatic carboxylic acids is 1. The van der Waals surface area contributed by atoms with Crippen LogP contribution in [-0.2, 0) is 24.0 Å². The van der Waals surface area contributed by atoms with Crippen molar-refractivity contribution in [2.45, 2.75) is 244 Å². The number of piperazine rings is 10. The van der Waals surface area contributed by atoms with Crippen LogP contribution in [0.3, 0.4) is 0 Å². The average Bonchev–Trinajstić information content (AvgIpc) is 0.823. The van der Waals surface area contributed by atoms with Gasteiger partial charge in [-0.1, -0.05) is 0 Å². The summed E-state index contributed by atoms with van der Waals surface area (Å²) in [6, 6.07) is 6.78. The third kappa shape index (κ3) is 47.0. The lowest BCUT2D eigenvalue weighted by atomic mass is 10.1. The van der Waals surface area contributed by atoms with E-state index in [2.05, 4.69) is 222 Å². The van der Waals surface area contributed by atoms with E-state index in [-0.39, 0.29) is 36.2 Å². The summed E-state index contributed by atoms with van der Waals surface area (Å²) in [4.78, 5) is 107. The number of hydrogen-bond donors (Lipinski definition) is 4. The lowest BCUT2D eigenvalue weighted by molar-refractivity contribution is -0.156. The van der Waals surface area contributed by atoms with E-state index in [4.69, 9.17) is 15.9 Å². The van der Waals surface area contributed by atoms with Gasteiger partial charge in [0.05, 0.1) is 26.1 Å². The van der Waals surface area contributed by atoms with Crippen LogP contribution < -0.4 is 11.1 Å². The SMILES string of the molecule is CC(=O)N1CCN(C(C)C)CC1.CC(C)N1CC(C)N(C)C(C)C1.CC(C)N1CCN(C(N)=O)CC1.CC(C)N1CCN(C)C(=O)C1.CC(C)N1CCN(C)C(=O)C1=O.CC(C)N1CCN(C)CC1.CC(C)N1CCN(CC(F)(F)F)CC1.CC(C)N1CCN(CCC(=O)O)CC1.CC(C)N1CCN(CCO)CC1.CC(C)N1CCNCC1. The number of nitrogens with zero attached hydrogens (tertiary/aromatic N) is 19. The summed E-state index contributed by atoms with van der Waals surface area (Å²) in [6.45, 7) is 85.2. The maximum Gasteiger partial charge on any atom is 0.401 e. The molecule has 0 aromatic carbocycles. The second kappa shape index (κ2) is 59.6. The molecular weight excluding hydrogens is 1510 g/mol. The highest BCUT2D eigenvalue weighted by molar-refractivity contribution is 6.35. The molecule has 696 valence electrons. The van der Waals surface area contributed by atoms with Crippen molar-refractivity contribution >= 4 is 35.6 Å². The Morgan fingerprint density at radius 2 is 0.729 bits per heavy atom. The number of carbonyl (C=O) groups is 6. The van der Waals surface area contributed by atoms with Crippen molar-refractivity contribution in [3.63, 3.8) is 0 Å². The molecule has 10 aliphatic heterocycles. The molecule has 0 bridgehead atoms. The minimum Gasteiger partial charge on any atom is -0.481 e. The van der Waals surface area contributed by atoms with Gasteiger partial charge < -0.3 is 55.6 Å². The van der Waals surface area contributed by atoms with Gasteiger partial charge in [-0.2, -0.15) is 13.2 Å². The van der Waals surface area contributed by atoms with Crippen molar-refractivity contribution < 1.29 is 52.2 Å². The highest BCUT2D eigenvalue weighted by atomic mass is 19.4. The zero-order valence-corrected chi connectivity index (χ0v) is 79.8. The van der Waals surface area contributed by atoms with Crippen LogP contribution in [0.25, 0.3) is 0 Å². The molecule has 0 saturated carbocycles. The molecule has 10 aliphatic rings. The number of aliphatic hydroxyl groups excluding tert-OH is 1. The van der Waals surface area contributed by atoms with Gasteiger partial charge in [-0.15, -0.1) is 0 Å². The zero-order chi connectivity index (χ0) is 89.9. The van der Waals surface area contributed by atoms with E-state index < -0.39 is 24.6 Å². The number of carboxylic acid groups (broad SMARTS) is 1. The Labute approximate surface area is 716 Å². The summed E-state index contributed by atoms with van der Waals surface area (Å²) >= 11 is 0. The topological polar surface area (TPSA) is 242 Å². The molecular formula is C86H178F3N21O8. The predicted octanol–water partition coefficient (Wildman–Crippen LogP) is 4.94. The summed E-state index contributed by atoms with van der Waals surface area (Å²) in [5.41, 5.74) is 5.16. The van der Waals surface area contributed by atoms with Crippen molar-refractivity contribution in [3.05, 3.63) is 0 Å². The van der Waals surface area contributed by atoms with Gasteiger partial charge in [-0.25, -0.2) is 4.79 Å². The van der Waals surface area contributed by atoms with Crippen molar-refractivity contribution in [1.29, 1.82) is 0 Å². The highest BCUT2D eigenvalue weighted by Crippen LogP contribution is 2.20.